The van der Waals surface area contributed by atoms with Crippen molar-refractivity contribution in [1.29, 1.82) is 0 Å². The largest absolute Gasteiger partial charge is 0.496 e. The van der Waals surface area contributed by atoms with Gasteiger partial charge in [0, 0.05) is 6.92 Å². The van der Waals surface area contributed by atoms with E-state index in [0.717, 1.165) is 22.6 Å². The van der Waals surface area contributed by atoms with Gasteiger partial charge in [0.15, 0.2) is 0 Å². The van der Waals surface area contributed by atoms with Gasteiger partial charge in [-0.1, -0.05) is 0 Å². The molecule has 0 aliphatic carbocycles. The van der Waals surface area contributed by atoms with Crippen molar-refractivity contribution in [3.8, 4) is 23.0 Å². The summed E-state index contributed by atoms with van der Waals surface area (Å²) in [5, 5.41) is 0. The Morgan fingerprint density at radius 3 is 1.86 bits per heavy atom. The van der Waals surface area contributed by atoms with Crippen LogP contribution in [0.2, 0.25) is 0 Å². The number of ether oxygens (including phenoxy) is 3. The van der Waals surface area contributed by atoms with Crippen molar-refractivity contribution in [2.75, 3.05) is 7.11 Å². The Hall–Kier alpha value is -2.49. The minimum absolute atomic E-state index is 0.336. The molecule has 0 saturated carbocycles. The fourth-order valence-corrected chi connectivity index (χ4v) is 2.01. The summed E-state index contributed by atoms with van der Waals surface area (Å²) in [4.78, 5) is 11.0. The first-order chi connectivity index (χ1) is 9.99. The highest BCUT2D eigenvalue weighted by Gasteiger charge is 2.06. The molecule has 110 valence electrons. The lowest BCUT2D eigenvalue weighted by Crippen LogP contribution is -2.02. The van der Waals surface area contributed by atoms with Crippen LogP contribution < -0.4 is 14.2 Å². The first-order valence-corrected chi connectivity index (χ1v) is 6.61. The molecule has 0 unspecified atom stereocenters. The topological polar surface area (TPSA) is 44.8 Å². The van der Waals surface area contributed by atoms with Crippen LogP contribution in [0.4, 0.5) is 0 Å². The van der Waals surface area contributed by atoms with Crippen molar-refractivity contribution >= 4 is 5.97 Å². The average molecular weight is 286 g/mol. The summed E-state index contributed by atoms with van der Waals surface area (Å²) < 4.78 is 16.1. The third kappa shape index (κ3) is 3.75. The van der Waals surface area contributed by atoms with Crippen LogP contribution in [0.5, 0.6) is 23.0 Å². The standard InChI is InChI=1S/C17H18O4/c1-11-9-14(5-7-16(11)19-4)21-15-6-8-17(12(2)10-15)20-13(3)18/h5-10H,1-4H3. The Morgan fingerprint density at radius 1 is 0.905 bits per heavy atom. The summed E-state index contributed by atoms with van der Waals surface area (Å²) in [5.41, 5.74) is 1.84. The lowest BCUT2D eigenvalue weighted by atomic mass is 10.2. The van der Waals surface area contributed by atoms with Crippen molar-refractivity contribution in [2.24, 2.45) is 0 Å². The molecule has 4 heteroatoms. The van der Waals surface area contributed by atoms with E-state index in [-0.39, 0.29) is 5.97 Å². The van der Waals surface area contributed by atoms with E-state index in [1.807, 2.05) is 38.1 Å². The summed E-state index contributed by atoms with van der Waals surface area (Å²) in [5.74, 6) is 2.45. The van der Waals surface area contributed by atoms with Gasteiger partial charge in [0.25, 0.3) is 0 Å². The monoisotopic (exact) mass is 286 g/mol. The van der Waals surface area contributed by atoms with Crippen LogP contribution >= 0.6 is 0 Å². The second-order valence-electron chi connectivity index (χ2n) is 4.75. The molecule has 0 aliphatic heterocycles. The second kappa shape index (κ2) is 6.31. The lowest BCUT2D eigenvalue weighted by Gasteiger charge is -2.11. The van der Waals surface area contributed by atoms with Gasteiger partial charge in [-0.2, -0.15) is 0 Å². The Balaban J connectivity index is 2.18. The van der Waals surface area contributed by atoms with Crippen molar-refractivity contribution in [3.05, 3.63) is 47.5 Å². The fourth-order valence-electron chi connectivity index (χ4n) is 2.01. The summed E-state index contributed by atoms with van der Waals surface area (Å²) in [7, 11) is 1.64. The number of carbonyl (C=O) groups excluding carboxylic acids is 1. The van der Waals surface area contributed by atoms with E-state index in [4.69, 9.17) is 14.2 Å². The van der Waals surface area contributed by atoms with Crippen molar-refractivity contribution in [1.82, 2.24) is 0 Å². The van der Waals surface area contributed by atoms with Crippen molar-refractivity contribution < 1.29 is 19.0 Å². The molecule has 0 bridgehead atoms. The number of benzene rings is 2. The summed E-state index contributed by atoms with van der Waals surface area (Å²) in [6.45, 7) is 5.20. The van der Waals surface area contributed by atoms with Crippen LogP contribution in [0, 0.1) is 13.8 Å². The molecule has 21 heavy (non-hydrogen) atoms. The molecule has 0 N–H and O–H groups in total. The number of methoxy groups -OCH3 is 1. The predicted octanol–water partition coefficient (Wildman–Crippen LogP) is 4.03. The Labute approximate surface area is 124 Å². The predicted molar refractivity (Wildman–Crippen MR) is 80.3 cm³/mol. The molecule has 0 saturated heterocycles. The van der Waals surface area contributed by atoms with E-state index in [2.05, 4.69) is 0 Å². The zero-order chi connectivity index (χ0) is 15.4. The molecule has 2 aromatic rings. The molecule has 0 heterocycles. The van der Waals surface area contributed by atoms with Crippen LogP contribution in [-0.2, 0) is 4.79 Å². The molecular weight excluding hydrogens is 268 g/mol. The average Bonchev–Trinajstić information content (AvgIpc) is 2.42. The second-order valence-corrected chi connectivity index (χ2v) is 4.75. The van der Waals surface area contributed by atoms with Gasteiger partial charge in [0.1, 0.15) is 23.0 Å². The molecule has 0 amide bonds. The maximum Gasteiger partial charge on any atom is 0.308 e. The van der Waals surface area contributed by atoms with Gasteiger partial charge in [0.2, 0.25) is 0 Å². The molecule has 0 atom stereocenters. The van der Waals surface area contributed by atoms with Crippen LogP contribution in [0.1, 0.15) is 18.1 Å². The van der Waals surface area contributed by atoms with E-state index in [1.54, 1.807) is 19.2 Å². The maximum absolute atomic E-state index is 11.0. The number of esters is 1. The molecule has 2 rings (SSSR count). The van der Waals surface area contributed by atoms with Gasteiger partial charge in [-0.05, 0) is 61.4 Å². The Kier molecular flexibility index (Phi) is 4.48. The summed E-state index contributed by atoms with van der Waals surface area (Å²) >= 11 is 0. The quantitative estimate of drug-likeness (QED) is 0.629. The van der Waals surface area contributed by atoms with Crippen LogP contribution in [-0.4, -0.2) is 13.1 Å². The minimum atomic E-state index is -0.336. The molecule has 4 nitrogen and oxygen atoms in total. The minimum Gasteiger partial charge on any atom is -0.496 e. The fraction of sp³-hybridized carbons (Fsp3) is 0.235. The third-order valence-corrected chi connectivity index (χ3v) is 3.00. The van der Waals surface area contributed by atoms with E-state index in [0.29, 0.717) is 11.5 Å². The normalized spacial score (nSPS) is 10.1. The molecule has 0 fully saturated rings. The number of carbonyl (C=O) groups is 1. The molecule has 0 aromatic heterocycles. The van der Waals surface area contributed by atoms with Gasteiger partial charge in [-0.15, -0.1) is 0 Å². The van der Waals surface area contributed by atoms with E-state index >= 15 is 0 Å². The van der Waals surface area contributed by atoms with E-state index in [1.165, 1.54) is 6.92 Å². The van der Waals surface area contributed by atoms with Crippen LogP contribution in [0.15, 0.2) is 36.4 Å². The zero-order valence-corrected chi connectivity index (χ0v) is 12.6. The first kappa shape index (κ1) is 14.9. The summed E-state index contributed by atoms with van der Waals surface area (Å²) in [6.07, 6.45) is 0. The molecular formula is C17H18O4. The first-order valence-electron chi connectivity index (χ1n) is 6.61. The Morgan fingerprint density at radius 2 is 1.43 bits per heavy atom. The maximum atomic E-state index is 11.0. The molecule has 2 aromatic carbocycles. The molecule has 0 aliphatic rings. The summed E-state index contributed by atoms with van der Waals surface area (Å²) in [6, 6.07) is 10.9. The highest BCUT2D eigenvalue weighted by atomic mass is 16.5. The van der Waals surface area contributed by atoms with Gasteiger partial charge >= 0.3 is 5.97 Å². The van der Waals surface area contributed by atoms with Gasteiger partial charge < -0.3 is 14.2 Å². The zero-order valence-electron chi connectivity index (χ0n) is 12.6. The number of aryl methyl sites for hydroxylation is 2. The number of rotatable bonds is 4. The number of hydrogen-bond acceptors (Lipinski definition) is 4. The SMILES string of the molecule is COc1ccc(Oc2ccc(OC(C)=O)c(C)c2)cc1C. The molecule has 0 radical (unpaired) electrons. The smallest absolute Gasteiger partial charge is 0.308 e. The van der Waals surface area contributed by atoms with E-state index < -0.39 is 0 Å². The van der Waals surface area contributed by atoms with Gasteiger partial charge in [-0.25, -0.2) is 0 Å². The van der Waals surface area contributed by atoms with Crippen molar-refractivity contribution in [3.63, 3.8) is 0 Å². The Bertz CT molecular complexity index is 662. The van der Waals surface area contributed by atoms with Gasteiger partial charge in [-0.3, -0.25) is 4.79 Å². The van der Waals surface area contributed by atoms with Crippen LogP contribution in [0.3, 0.4) is 0 Å². The van der Waals surface area contributed by atoms with E-state index in [9.17, 15) is 4.79 Å². The van der Waals surface area contributed by atoms with Crippen molar-refractivity contribution in [2.45, 2.75) is 20.8 Å². The highest BCUT2D eigenvalue weighted by molar-refractivity contribution is 5.69. The number of hydrogen-bond donors (Lipinski definition) is 0. The molecule has 0 spiro atoms. The van der Waals surface area contributed by atoms with Gasteiger partial charge in [0.05, 0.1) is 7.11 Å². The third-order valence-electron chi connectivity index (χ3n) is 3.00. The highest BCUT2D eigenvalue weighted by Crippen LogP contribution is 2.30. The van der Waals surface area contributed by atoms with Crippen LogP contribution in [0.25, 0.3) is 0 Å². The lowest BCUT2D eigenvalue weighted by molar-refractivity contribution is -0.131.